The quantitative estimate of drug-likeness (QED) is 0.811. The zero-order chi connectivity index (χ0) is 14.4. The van der Waals surface area contributed by atoms with Crippen molar-refractivity contribution in [1.29, 1.82) is 0 Å². The summed E-state index contributed by atoms with van der Waals surface area (Å²) >= 11 is 0. The number of hydrogen-bond donors (Lipinski definition) is 0. The Kier molecular flexibility index (Phi) is 3.12. The Morgan fingerprint density at radius 3 is 2.47 bits per heavy atom. The lowest BCUT2D eigenvalue weighted by atomic mass is 10.1. The molecule has 1 aliphatic heterocycles. The first-order chi connectivity index (χ1) is 8.63. The minimum atomic E-state index is -4.23. The highest BCUT2D eigenvalue weighted by Gasteiger charge is 2.42. The summed E-state index contributed by atoms with van der Waals surface area (Å²) in [4.78, 5) is 6.09. The Bertz CT molecular complexity index is 635. The average Bonchev–Trinajstić information content (AvgIpc) is 2.80. The molecule has 0 saturated heterocycles. The van der Waals surface area contributed by atoms with E-state index in [1.165, 1.54) is 14.0 Å². The average molecular weight is 290 g/mol. The van der Waals surface area contributed by atoms with Crippen LogP contribution in [-0.2, 0) is 21.7 Å². The fourth-order valence-corrected chi connectivity index (χ4v) is 3.19. The van der Waals surface area contributed by atoms with Gasteiger partial charge in [-0.3, -0.25) is 0 Å². The molecule has 9 heteroatoms. The van der Waals surface area contributed by atoms with Crippen molar-refractivity contribution in [2.75, 3.05) is 0 Å². The maximum absolute atomic E-state index is 14.3. The van der Waals surface area contributed by atoms with Gasteiger partial charge in [0.2, 0.25) is 9.84 Å². The molecule has 1 aromatic rings. The van der Waals surface area contributed by atoms with Gasteiger partial charge in [0, 0.05) is 13.5 Å². The number of sulfone groups is 1. The van der Waals surface area contributed by atoms with Crippen LogP contribution in [0.3, 0.4) is 0 Å². The van der Waals surface area contributed by atoms with Gasteiger partial charge in [0.25, 0.3) is 5.50 Å². The zero-order valence-corrected chi connectivity index (χ0v) is 11.9. The van der Waals surface area contributed by atoms with Crippen LogP contribution in [0.1, 0.15) is 37.2 Å². The molecule has 106 valence electrons. The van der Waals surface area contributed by atoms with Crippen molar-refractivity contribution in [3.63, 3.8) is 0 Å². The van der Waals surface area contributed by atoms with Crippen molar-refractivity contribution in [3.05, 3.63) is 11.4 Å². The summed E-state index contributed by atoms with van der Waals surface area (Å²) in [6, 6.07) is 0. The molecular formula is C10H15FN4O3S. The first-order valence-electron chi connectivity index (χ1n) is 5.64. The Hall–Kier alpha value is -1.51. The third-order valence-corrected chi connectivity index (χ3v) is 4.35. The van der Waals surface area contributed by atoms with E-state index in [0.717, 1.165) is 4.80 Å². The van der Waals surface area contributed by atoms with Gasteiger partial charge < -0.3 is 4.84 Å². The fraction of sp³-hybridized carbons (Fsp3) is 0.700. The van der Waals surface area contributed by atoms with Crippen molar-refractivity contribution in [1.82, 2.24) is 15.0 Å². The lowest BCUT2D eigenvalue weighted by molar-refractivity contribution is 0.0123. The van der Waals surface area contributed by atoms with Gasteiger partial charge in [-0.25, -0.2) is 12.8 Å². The van der Waals surface area contributed by atoms with E-state index < -0.39 is 20.9 Å². The summed E-state index contributed by atoms with van der Waals surface area (Å²) in [5.41, 5.74) is -3.00. The molecule has 0 saturated carbocycles. The molecule has 0 aliphatic carbocycles. The van der Waals surface area contributed by atoms with Crippen LogP contribution in [0.15, 0.2) is 5.16 Å². The molecule has 0 bridgehead atoms. The van der Waals surface area contributed by atoms with E-state index in [1.54, 1.807) is 13.8 Å². The lowest BCUT2D eigenvalue weighted by Crippen LogP contribution is -2.25. The molecule has 1 aliphatic rings. The standard InChI is InChI=1S/C10H15FN4O3S/c1-6-8(13-15(4)12-6)9(11)19(16,17)7-5-10(2,3)18-14-7/h9H,5H2,1-4H3. The van der Waals surface area contributed by atoms with Crippen LogP contribution in [0.25, 0.3) is 0 Å². The predicted octanol–water partition coefficient (Wildman–Crippen LogP) is 1.02. The summed E-state index contributed by atoms with van der Waals surface area (Å²) in [7, 11) is -2.73. The number of oxime groups is 1. The second-order valence-corrected chi connectivity index (χ2v) is 7.01. The molecule has 7 nitrogen and oxygen atoms in total. The van der Waals surface area contributed by atoms with Crippen molar-refractivity contribution in [3.8, 4) is 0 Å². The molecule has 0 amide bonds. The van der Waals surface area contributed by atoms with Crippen LogP contribution in [0, 0.1) is 6.92 Å². The van der Waals surface area contributed by atoms with Crippen LogP contribution >= 0.6 is 0 Å². The van der Waals surface area contributed by atoms with Crippen molar-refractivity contribution in [2.45, 2.75) is 38.3 Å². The summed E-state index contributed by atoms with van der Waals surface area (Å²) in [6.07, 6.45) is 0.0368. The van der Waals surface area contributed by atoms with Gasteiger partial charge in [-0.05, 0) is 20.8 Å². The molecule has 0 radical (unpaired) electrons. The number of rotatable bonds is 2. The Morgan fingerprint density at radius 1 is 1.42 bits per heavy atom. The van der Waals surface area contributed by atoms with E-state index in [2.05, 4.69) is 15.4 Å². The molecule has 1 atom stereocenters. The molecule has 0 spiro atoms. The van der Waals surface area contributed by atoms with Gasteiger partial charge >= 0.3 is 0 Å². The van der Waals surface area contributed by atoms with Crippen molar-refractivity contribution < 1.29 is 17.6 Å². The van der Waals surface area contributed by atoms with Gasteiger partial charge in [0.15, 0.2) is 5.04 Å². The van der Waals surface area contributed by atoms with Gasteiger partial charge in [0.05, 0.1) is 5.69 Å². The van der Waals surface area contributed by atoms with Gasteiger partial charge in [-0.15, -0.1) is 0 Å². The second kappa shape index (κ2) is 4.26. The van der Waals surface area contributed by atoms with Crippen LogP contribution < -0.4 is 0 Å². The largest absolute Gasteiger partial charge is 0.389 e. The van der Waals surface area contributed by atoms with Crippen molar-refractivity contribution >= 4 is 14.9 Å². The van der Waals surface area contributed by atoms with E-state index in [0.29, 0.717) is 0 Å². The van der Waals surface area contributed by atoms with Crippen LogP contribution in [0.4, 0.5) is 4.39 Å². The molecule has 2 rings (SSSR count). The Balaban J connectivity index is 2.33. The third kappa shape index (κ3) is 2.46. The number of hydrogen-bond acceptors (Lipinski definition) is 6. The van der Waals surface area contributed by atoms with E-state index in [9.17, 15) is 12.8 Å². The SMILES string of the molecule is Cc1nn(C)nc1C(F)S(=O)(=O)C1=NOC(C)(C)C1. The minimum absolute atomic E-state index is 0.0368. The number of aryl methyl sites for hydroxylation is 2. The molecule has 0 N–H and O–H groups in total. The van der Waals surface area contributed by atoms with E-state index >= 15 is 0 Å². The van der Waals surface area contributed by atoms with Gasteiger partial charge in [-0.1, -0.05) is 5.16 Å². The first kappa shape index (κ1) is 13.9. The minimum Gasteiger partial charge on any atom is -0.389 e. The molecular weight excluding hydrogens is 275 g/mol. The molecule has 2 heterocycles. The highest BCUT2D eigenvalue weighted by Crippen LogP contribution is 2.32. The second-order valence-electron chi connectivity index (χ2n) is 5.03. The summed E-state index contributed by atoms with van der Waals surface area (Å²) in [5.74, 6) is 0. The van der Waals surface area contributed by atoms with Gasteiger partial charge in [0.1, 0.15) is 11.3 Å². The number of halogens is 1. The highest BCUT2D eigenvalue weighted by atomic mass is 32.2. The van der Waals surface area contributed by atoms with Crippen LogP contribution in [0.5, 0.6) is 0 Å². The number of aromatic nitrogens is 3. The highest BCUT2D eigenvalue weighted by molar-refractivity contribution is 8.06. The first-order valence-corrected chi connectivity index (χ1v) is 7.19. The monoisotopic (exact) mass is 290 g/mol. The van der Waals surface area contributed by atoms with Crippen LogP contribution in [0.2, 0.25) is 0 Å². The molecule has 0 fully saturated rings. The van der Waals surface area contributed by atoms with Gasteiger partial charge in [-0.2, -0.15) is 15.0 Å². The Labute approximate surface area is 110 Å². The van der Waals surface area contributed by atoms with Crippen molar-refractivity contribution in [2.24, 2.45) is 12.2 Å². The molecule has 1 unspecified atom stereocenters. The third-order valence-electron chi connectivity index (χ3n) is 2.71. The Morgan fingerprint density at radius 2 is 2.05 bits per heavy atom. The predicted molar refractivity (Wildman–Crippen MR) is 65.7 cm³/mol. The molecule has 0 aromatic carbocycles. The summed E-state index contributed by atoms with van der Waals surface area (Å²) in [6.45, 7) is 4.86. The zero-order valence-electron chi connectivity index (χ0n) is 11.1. The topological polar surface area (TPSA) is 86.4 Å². The molecule has 19 heavy (non-hydrogen) atoms. The summed E-state index contributed by atoms with van der Waals surface area (Å²) < 4.78 is 38.5. The maximum Gasteiger partial charge on any atom is 0.251 e. The molecule has 1 aromatic heterocycles. The normalized spacial score (nSPS) is 19.9. The summed E-state index contributed by atoms with van der Waals surface area (Å²) in [5, 5.41) is 10.8. The van der Waals surface area contributed by atoms with Crippen LogP contribution in [-0.4, -0.2) is 34.1 Å². The number of nitrogens with zero attached hydrogens (tertiary/aromatic N) is 4. The van der Waals surface area contributed by atoms with E-state index in [-0.39, 0.29) is 22.9 Å². The maximum atomic E-state index is 14.3. The lowest BCUT2D eigenvalue weighted by Gasteiger charge is -2.13. The smallest absolute Gasteiger partial charge is 0.251 e. The van der Waals surface area contributed by atoms with E-state index in [4.69, 9.17) is 4.84 Å². The number of alkyl halides is 1. The van der Waals surface area contributed by atoms with E-state index in [1.807, 2.05) is 0 Å². The fourth-order valence-electron chi connectivity index (χ4n) is 1.75.